The molecule has 1 aliphatic rings. The first kappa shape index (κ1) is 18.1. The molecule has 2 rings (SSSR count). The van der Waals surface area contributed by atoms with Gasteiger partial charge >= 0.3 is 0 Å². The highest BCUT2D eigenvalue weighted by atomic mass is 32.2. The number of nitrogens with zero attached hydrogens (tertiary/aromatic N) is 2. The zero-order valence-corrected chi connectivity index (χ0v) is 15.1. The summed E-state index contributed by atoms with van der Waals surface area (Å²) in [7, 11) is 1.87. The van der Waals surface area contributed by atoms with E-state index in [0.717, 1.165) is 51.1 Å². The van der Waals surface area contributed by atoms with Crippen LogP contribution in [0.4, 0.5) is 0 Å². The fourth-order valence-electron chi connectivity index (χ4n) is 2.74. The lowest BCUT2D eigenvalue weighted by Gasteiger charge is -2.21. The lowest BCUT2D eigenvalue weighted by Crippen LogP contribution is -2.40. The molecule has 128 valence electrons. The van der Waals surface area contributed by atoms with E-state index in [2.05, 4.69) is 45.5 Å². The van der Waals surface area contributed by atoms with Crippen LogP contribution in [0, 0.1) is 5.92 Å². The highest BCUT2D eigenvalue weighted by Crippen LogP contribution is 2.25. The van der Waals surface area contributed by atoms with Crippen molar-refractivity contribution in [1.82, 2.24) is 10.2 Å². The van der Waals surface area contributed by atoms with Gasteiger partial charge in [-0.25, -0.2) is 0 Å². The maximum Gasteiger partial charge on any atom is 0.193 e. The third-order valence-corrected chi connectivity index (χ3v) is 5.22. The van der Waals surface area contributed by atoms with Gasteiger partial charge in [-0.3, -0.25) is 4.99 Å². The minimum absolute atomic E-state index is 0.738. The molecule has 0 amide bonds. The first-order valence-electron chi connectivity index (χ1n) is 8.54. The van der Waals surface area contributed by atoms with Crippen LogP contribution in [-0.2, 0) is 4.74 Å². The Hall–Kier alpha value is -1.20. The molecule has 1 N–H and O–H groups in total. The number of rotatable bonds is 8. The monoisotopic (exact) mass is 335 g/mol. The summed E-state index contributed by atoms with van der Waals surface area (Å²) in [5.41, 5.74) is 0. The smallest absolute Gasteiger partial charge is 0.193 e. The Morgan fingerprint density at radius 1 is 1.39 bits per heavy atom. The van der Waals surface area contributed by atoms with Gasteiger partial charge in [0.2, 0.25) is 0 Å². The standard InChI is InChI=1S/C18H29N3OS/c1-3-22-13-7-11-20-18(19-2)21-12-10-16(14-21)15-23-17-8-5-4-6-9-17/h4-6,8-9,16H,3,7,10-15H2,1-2H3,(H,19,20). The van der Waals surface area contributed by atoms with Gasteiger partial charge in [0.15, 0.2) is 5.96 Å². The number of thioether (sulfide) groups is 1. The molecule has 1 atom stereocenters. The Morgan fingerprint density at radius 2 is 2.22 bits per heavy atom. The second kappa shape index (κ2) is 10.6. The van der Waals surface area contributed by atoms with E-state index < -0.39 is 0 Å². The number of aliphatic imine (C=N–C) groups is 1. The molecule has 0 aliphatic carbocycles. The number of hydrogen-bond donors (Lipinski definition) is 1. The van der Waals surface area contributed by atoms with Crippen molar-refractivity contribution < 1.29 is 4.74 Å². The molecule has 1 unspecified atom stereocenters. The van der Waals surface area contributed by atoms with Crippen molar-refractivity contribution in [2.45, 2.75) is 24.7 Å². The molecule has 0 radical (unpaired) electrons. The van der Waals surface area contributed by atoms with Crippen molar-refractivity contribution in [3.63, 3.8) is 0 Å². The van der Waals surface area contributed by atoms with E-state index >= 15 is 0 Å². The maximum atomic E-state index is 5.37. The molecule has 23 heavy (non-hydrogen) atoms. The lowest BCUT2D eigenvalue weighted by molar-refractivity contribution is 0.145. The predicted octanol–water partition coefficient (Wildman–Crippen LogP) is 3.10. The van der Waals surface area contributed by atoms with E-state index in [0.29, 0.717) is 0 Å². The van der Waals surface area contributed by atoms with E-state index in [1.807, 2.05) is 25.7 Å². The fourth-order valence-corrected chi connectivity index (χ4v) is 3.79. The van der Waals surface area contributed by atoms with Gasteiger partial charge in [0.25, 0.3) is 0 Å². The Morgan fingerprint density at radius 3 is 2.96 bits per heavy atom. The lowest BCUT2D eigenvalue weighted by atomic mass is 10.2. The molecule has 0 saturated carbocycles. The quantitative estimate of drug-likeness (QED) is 0.343. The summed E-state index contributed by atoms with van der Waals surface area (Å²) in [5, 5.41) is 3.45. The molecule has 1 saturated heterocycles. The van der Waals surface area contributed by atoms with Crippen LogP contribution in [0.1, 0.15) is 19.8 Å². The summed E-state index contributed by atoms with van der Waals surface area (Å²) < 4.78 is 5.37. The van der Waals surface area contributed by atoms with Gasteiger partial charge in [-0.15, -0.1) is 11.8 Å². The van der Waals surface area contributed by atoms with Gasteiger partial charge in [0, 0.05) is 50.5 Å². The van der Waals surface area contributed by atoms with E-state index in [9.17, 15) is 0 Å². The molecule has 1 heterocycles. The molecule has 1 fully saturated rings. The second-order valence-corrected chi connectivity index (χ2v) is 6.84. The summed E-state index contributed by atoms with van der Waals surface area (Å²) in [6.07, 6.45) is 2.27. The Labute approximate surface area is 144 Å². The van der Waals surface area contributed by atoms with Crippen molar-refractivity contribution in [1.29, 1.82) is 0 Å². The van der Waals surface area contributed by atoms with Crippen molar-refractivity contribution >= 4 is 17.7 Å². The summed E-state index contributed by atoms with van der Waals surface area (Å²) >= 11 is 1.96. The Kier molecular flexibility index (Phi) is 8.32. The van der Waals surface area contributed by atoms with Gasteiger partial charge in [0.05, 0.1) is 0 Å². The van der Waals surface area contributed by atoms with Gasteiger partial charge in [-0.1, -0.05) is 18.2 Å². The zero-order chi connectivity index (χ0) is 16.3. The summed E-state index contributed by atoms with van der Waals surface area (Å²) in [4.78, 5) is 8.18. The topological polar surface area (TPSA) is 36.9 Å². The van der Waals surface area contributed by atoms with Gasteiger partial charge in [-0.2, -0.15) is 0 Å². The summed E-state index contributed by atoms with van der Waals surface area (Å²) in [5.74, 6) is 2.96. The van der Waals surface area contributed by atoms with E-state index in [4.69, 9.17) is 4.74 Å². The molecule has 1 aromatic carbocycles. The molecule has 1 aromatic rings. The number of hydrogen-bond acceptors (Lipinski definition) is 3. The normalized spacial score (nSPS) is 18.4. The van der Waals surface area contributed by atoms with Gasteiger partial charge < -0.3 is 15.0 Å². The Bertz CT molecular complexity index is 467. The molecule has 1 aliphatic heterocycles. The molecule has 5 heteroatoms. The number of benzene rings is 1. The molecule has 0 aromatic heterocycles. The van der Waals surface area contributed by atoms with Crippen molar-refractivity contribution in [2.75, 3.05) is 45.6 Å². The zero-order valence-electron chi connectivity index (χ0n) is 14.3. The summed E-state index contributed by atoms with van der Waals surface area (Å²) in [6.45, 7) is 6.77. The fraction of sp³-hybridized carbons (Fsp3) is 0.611. The SMILES string of the molecule is CCOCCCNC(=NC)N1CCC(CSc2ccccc2)C1. The molecule has 0 spiro atoms. The van der Waals surface area contributed by atoms with Crippen LogP contribution in [0.5, 0.6) is 0 Å². The van der Waals surface area contributed by atoms with Crippen LogP contribution in [0.2, 0.25) is 0 Å². The molecule has 4 nitrogen and oxygen atoms in total. The van der Waals surface area contributed by atoms with Crippen LogP contribution >= 0.6 is 11.8 Å². The molecule has 0 bridgehead atoms. The van der Waals surface area contributed by atoms with Crippen LogP contribution in [0.15, 0.2) is 40.2 Å². The van der Waals surface area contributed by atoms with E-state index in [1.165, 1.54) is 17.1 Å². The largest absolute Gasteiger partial charge is 0.382 e. The van der Waals surface area contributed by atoms with Crippen LogP contribution in [-0.4, -0.2) is 56.5 Å². The predicted molar refractivity (Wildman–Crippen MR) is 99.3 cm³/mol. The number of nitrogens with one attached hydrogen (secondary N) is 1. The maximum absolute atomic E-state index is 5.37. The minimum atomic E-state index is 0.738. The first-order chi connectivity index (χ1) is 11.3. The number of guanidine groups is 1. The first-order valence-corrected chi connectivity index (χ1v) is 9.53. The van der Waals surface area contributed by atoms with Crippen LogP contribution in [0.3, 0.4) is 0 Å². The minimum Gasteiger partial charge on any atom is -0.382 e. The summed E-state index contributed by atoms with van der Waals surface area (Å²) in [6, 6.07) is 10.7. The van der Waals surface area contributed by atoms with E-state index in [-0.39, 0.29) is 0 Å². The third kappa shape index (κ3) is 6.43. The molecular weight excluding hydrogens is 306 g/mol. The average Bonchev–Trinajstić information content (AvgIpc) is 3.06. The van der Waals surface area contributed by atoms with Gasteiger partial charge in [-0.05, 0) is 37.8 Å². The van der Waals surface area contributed by atoms with Crippen LogP contribution < -0.4 is 5.32 Å². The van der Waals surface area contributed by atoms with Crippen molar-refractivity contribution in [3.05, 3.63) is 30.3 Å². The van der Waals surface area contributed by atoms with Crippen LogP contribution in [0.25, 0.3) is 0 Å². The second-order valence-electron chi connectivity index (χ2n) is 5.75. The average molecular weight is 336 g/mol. The highest BCUT2D eigenvalue weighted by molar-refractivity contribution is 7.99. The Balaban J connectivity index is 1.68. The third-order valence-electron chi connectivity index (χ3n) is 3.98. The number of likely N-dealkylation sites (tertiary alicyclic amines) is 1. The molecular formula is C18H29N3OS. The van der Waals surface area contributed by atoms with Gasteiger partial charge in [0.1, 0.15) is 0 Å². The van der Waals surface area contributed by atoms with Crippen molar-refractivity contribution in [2.24, 2.45) is 10.9 Å². The van der Waals surface area contributed by atoms with E-state index in [1.54, 1.807) is 0 Å². The highest BCUT2D eigenvalue weighted by Gasteiger charge is 2.24. The number of ether oxygens (including phenoxy) is 1. The van der Waals surface area contributed by atoms with Crippen molar-refractivity contribution in [3.8, 4) is 0 Å².